The van der Waals surface area contributed by atoms with E-state index in [1.807, 2.05) is 0 Å². The van der Waals surface area contributed by atoms with Crippen LogP contribution in [0.2, 0.25) is 0 Å². The van der Waals surface area contributed by atoms with Crippen molar-refractivity contribution in [1.29, 1.82) is 0 Å². The van der Waals surface area contributed by atoms with Crippen LogP contribution in [0.4, 0.5) is 0 Å². The Balaban J connectivity index is 0. The molecule has 0 radical (unpaired) electrons. The Morgan fingerprint density at radius 1 is 1.12 bits per heavy atom. The number of carbonyl (C=O) groups excluding carboxylic acids is 1. The van der Waals surface area contributed by atoms with Gasteiger partial charge in [0.15, 0.2) is 0 Å². The van der Waals surface area contributed by atoms with Gasteiger partial charge in [-0.2, -0.15) is 0 Å². The van der Waals surface area contributed by atoms with Gasteiger partial charge in [-0.1, -0.05) is 34.6 Å². The number of piperidine rings is 1. The number of nitrogens with one attached hydrogen (secondary N) is 2. The Labute approximate surface area is 168 Å². The van der Waals surface area contributed by atoms with Crippen molar-refractivity contribution in [2.45, 2.75) is 66.3 Å². The number of carbonyl (C=O) groups is 1. The molecule has 0 spiro atoms. The van der Waals surface area contributed by atoms with Crippen molar-refractivity contribution in [2.75, 3.05) is 32.7 Å². The zero-order chi connectivity index (χ0) is 17.2. The van der Waals surface area contributed by atoms with Crippen molar-refractivity contribution in [3.8, 4) is 0 Å². The molecule has 0 aromatic rings. The molecule has 25 heavy (non-hydrogen) atoms. The van der Waals surface area contributed by atoms with E-state index in [1.165, 1.54) is 12.8 Å². The molecule has 1 aliphatic heterocycles. The Kier molecular flexibility index (Phi) is 16.4. The van der Waals surface area contributed by atoms with Gasteiger partial charge in [0.25, 0.3) is 0 Å². The molecule has 0 bridgehead atoms. The highest BCUT2D eigenvalue weighted by Crippen LogP contribution is 2.24. The number of amides is 1. The molecule has 1 amide bonds. The summed E-state index contributed by atoms with van der Waals surface area (Å²) in [6.07, 6.45) is 4.25. The summed E-state index contributed by atoms with van der Waals surface area (Å²) in [5, 5.41) is 6.61. The normalized spacial score (nSPS) is 17.6. The summed E-state index contributed by atoms with van der Waals surface area (Å²) in [7, 11) is 0. The number of halogens is 2. The van der Waals surface area contributed by atoms with Gasteiger partial charge in [0.05, 0.1) is 0 Å². The van der Waals surface area contributed by atoms with Crippen LogP contribution in [0, 0.1) is 17.8 Å². The molecule has 1 aliphatic rings. The average Bonchev–Trinajstić information content (AvgIpc) is 2.53. The van der Waals surface area contributed by atoms with Crippen LogP contribution in [-0.2, 0) is 4.79 Å². The molecule has 152 valence electrons. The van der Waals surface area contributed by atoms with Crippen LogP contribution in [0.5, 0.6) is 0 Å². The zero-order valence-electron chi connectivity index (χ0n) is 16.8. The lowest BCUT2D eigenvalue weighted by molar-refractivity contribution is -0.122. The molecular weight excluding hydrogens is 357 g/mol. The molecule has 1 saturated heterocycles. The van der Waals surface area contributed by atoms with E-state index in [9.17, 15) is 4.79 Å². The number of hydrogen-bond donors (Lipinski definition) is 2. The lowest BCUT2D eigenvalue weighted by atomic mass is 9.84. The second-order valence-electron chi connectivity index (χ2n) is 7.58. The highest BCUT2D eigenvalue weighted by atomic mass is 35.5. The molecular formula is C19H41Cl2N3O. The Hall–Kier alpha value is -0.0300. The maximum atomic E-state index is 12.3. The maximum Gasteiger partial charge on any atom is 0.220 e. The fourth-order valence-corrected chi connectivity index (χ4v) is 3.82. The van der Waals surface area contributed by atoms with Gasteiger partial charge >= 0.3 is 0 Å². The van der Waals surface area contributed by atoms with Crippen LogP contribution in [0.3, 0.4) is 0 Å². The molecule has 2 unspecified atom stereocenters. The zero-order valence-corrected chi connectivity index (χ0v) is 18.5. The van der Waals surface area contributed by atoms with E-state index in [2.05, 4.69) is 50.2 Å². The van der Waals surface area contributed by atoms with Crippen LogP contribution in [-0.4, -0.2) is 49.6 Å². The van der Waals surface area contributed by atoms with Crippen molar-refractivity contribution in [1.82, 2.24) is 15.5 Å². The molecule has 2 atom stereocenters. The first-order chi connectivity index (χ1) is 11.0. The lowest BCUT2D eigenvalue weighted by Crippen LogP contribution is -2.45. The van der Waals surface area contributed by atoms with E-state index >= 15 is 0 Å². The summed E-state index contributed by atoms with van der Waals surface area (Å²) in [4.78, 5) is 14.8. The molecule has 2 N–H and O–H groups in total. The maximum absolute atomic E-state index is 12.3. The first-order valence-corrected chi connectivity index (χ1v) is 9.69. The predicted molar refractivity (Wildman–Crippen MR) is 113 cm³/mol. The Bertz CT molecular complexity index is 333. The third kappa shape index (κ3) is 10.6. The van der Waals surface area contributed by atoms with Gasteiger partial charge in [0.2, 0.25) is 5.91 Å². The number of likely N-dealkylation sites (N-methyl/N-ethyl adjacent to an activating group) is 1. The van der Waals surface area contributed by atoms with Crippen molar-refractivity contribution in [3.63, 3.8) is 0 Å². The quantitative estimate of drug-likeness (QED) is 0.589. The summed E-state index contributed by atoms with van der Waals surface area (Å²) >= 11 is 0. The van der Waals surface area contributed by atoms with Gasteiger partial charge in [-0.25, -0.2) is 0 Å². The van der Waals surface area contributed by atoms with E-state index in [-0.39, 0.29) is 30.7 Å². The topological polar surface area (TPSA) is 44.4 Å². The SMILES string of the molecule is CCN(CC)C(CNC(=O)CC(C)C1CCNCC1)CC(C)C.Cl.Cl. The van der Waals surface area contributed by atoms with Crippen LogP contribution < -0.4 is 10.6 Å². The molecule has 1 heterocycles. The minimum Gasteiger partial charge on any atom is -0.355 e. The van der Waals surface area contributed by atoms with Crippen LogP contribution in [0.1, 0.15) is 60.3 Å². The largest absolute Gasteiger partial charge is 0.355 e. The first kappa shape index (κ1) is 27.2. The van der Waals surface area contributed by atoms with Gasteiger partial charge in [0.1, 0.15) is 0 Å². The second kappa shape index (κ2) is 15.1. The summed E-state index contributed by atoms with van der Waals surface area (Å²) in [6.45, 7) is 16.3. The van der Waals surface area contributed by atoms with Crippen molar-refractivity contribution in [2.24, 2.45) is 17.8 Å². The smallest absolute Gasteiger partial charge is 0.220 e. The number of nitrogens with zero attached hydrogens (tertiary/aromatic N) is 1. The van der Waals surface area contributed by atoms with E-state index in [0.29, 0.717) is 30.2 Å². The average molecular weight is 398 g/mol. The molecule has 0 aliphatic carbocycles. The summed E-state index contributed by atoms with van der Waals surface area (Å²) in [5.74, 6) is 2.09. The van der Waals surface area contributed by atoms with E-state index in [0.717, 1.165) is 39.1 Å². The van der Waals surface area contributed by atoms with E-state index < -0.39 is 0 Å². The number of hydrogen-bond acceptors (Lipinski definition) is 3. The lowest BCUT2D eigenvalue weighted by Gasteiger charge is -2.32. The van der Waals surface area contributed by atoms with Crippen LogP contribution in [0.25, 0.3) is 0 Å². The summed E-state index contributed by atoms with van der Waals surface area (Å²) in [6, 6.07) is 0.461. The molecule has 1 rings (SSSR count). The van der Waals surface area contributed by atoms with Crippen LogP contribution in [0.15, 0.2) is 0 Å². The van der Waals surface area contributed by atoms with Gasteiger partial charge in [-0.3, -0.25) is 9.69 Å². The van der Waals surface area contributed by atoms with Crippen molar-refractivity contribution < 1.29 is 4.79 Å². The molecule has 1 fully saturated rings. The fraction of sp³-hybridized carbons (Fsp3) is 0.947. The highest BCUT2D eigenvalue weighted by molar-refractivity contribution is 5.85. The predicted octanol–water partition coefficient (Wildman–Crippen LogP) is 3.73. The molecule has 4 nitrogen and oxygen atoms in total. The van der Waals surface area contributed by atoms with Gasteiger partial charge < -0.3 is 10.6 Å². The Morgan fingerprint density at radius 3 is 2.16 bits per heavy atom. The molecule has 6 heteroatoms. The molecule has 0 aromatic carbocycles. The second-order valence-corrected chi connectivity index (χ2v) is 7.58. The van der Waals surface area contributed by atoms with Gasteiger partial charge in [-0.05, 0) is 63.2 Å². The third-order valence-electron chi connectivity index (χ3n) is 5.30. The van der Waals surface area contributed by atoms with Gasteiger partial charge in [-0.15, -0.1) is 24.8 Å². The van der Waals surface area contributed by atoms with Crippen LogP contribution >= 0.6 is 24.8 Å². The summed E-state index contributed by atoms with van der Waals surface area (Å²) < 4.78 is 0. The first-order valence-electron chi connectivity index (χ1n) is 9.69. The third-order valence-corrected chi connectivity index (χ3v) is 5.30. The fourth-order valence-electron chi connectivity index (χ4n) is 3.82. The van der Waals surface area contributed by atoms with Crippen molar-refractivity contribution in [3.05, 3.63) is 0 Å². The van der Waals surface area contributed by atoms with Crippen molar-refractivity contribution >= 4 is 30.7 Å². The standard InChI is InChI=1S/C19H39N3O.2ClH/c1-6-22(7-2)18(12-15(3)4)14-21-19(23)13-16(5)17-8-10-20-11-9-17;;/h15-18,20H,6-14H2,1-5H3,(H,21,23);2*1H. The molecule has 0 aromatic heterocycles. The Morgan fingerprint density at radius 2 is 1.68 bits per heavy atom. The monoisotopic (exact) mass is 397 g/mol. The number of rotatable bonds is 10. The minimum absolute atomic E-state index is 0. The van der Waals surface area contributed by atoms with Gasteiger partial charge in [0, 0.05) is 19.0 Å². The van der Waals surface area contributed by atoms with E-state index in [4.69, 9.17) is 0 Å². The molecule has 0 saturated carbocycles. The minimum atomic E-state index is 0. The highest BCUT2D eigenvalue weighted by Gasteiger charge is 2.23. The summed E-state index contributed by atoms with van der Waals surface area (Å²) in [5.41, 5.74) is 0. The van der Waals surface area contributed by atoms with E-state index in [1.54, 1.807) is 0 Å².